The lowest BCUT2D eigenvalue weighted by Crippen LogP contribution is -2.39. The first-order valence-electron chi connectivity index (χ1n) is 5.91. The molecule has 0 radical (unpaired) electrons. The van der Waals surface area contributed by atoms with Gasteiger partial charge in [0.25, 0.3) is 5.91 Å². The molecule has 0 aliphatic heterocycles. The van der Waals surface area contributed by atoms with Crippen molar-refractivity contribution < 1.29 is 19.1 Å². The summed E-state index contributed by atoms with van der Waals surface area (Å²) in [6.45, 7) is 3.52. The highest BCUT2D eigenvalue weighted by atomic mass is 127. The lowest BCUT2D eigenvalue weighted by molar-refractivity contribution is -0.144. The van der Waals surface area contributed by atoms with Crippen molar-refractivity contribution >= 4 is 46.1 Å². The third-order valence-corrected chi connectivity index (χ3v) is 4.00. The van der Waals surface area contributed by atoms with Crippen LogP contribution >= 0.6 is 34.2 Å². The summed E-state index contributed by atoms with van der Waals surface area (Å²) in [5, 5.41) is 2.99. The summed E-state index contributed by atoms with van der Waals surface area (Å²) in [5.41, 5.74) is 0.272. The fourth-order valence-corrected chi connectivity index (χ4v) is 2.08. The van der Waals surface area contributed by atoms with Crippen LogP contribution in [0, 0.1) is 3.57 Å². The lowest BCUT2D eigenvalue weighted by atomic mass is 10.1. The van der Waals surface area contributed by atoms with Gasteiger partial charge in [-0.2, -0.15) is 0 Å². The number of benzene rings is 1. The minimum absolute atomic E-state index is 0.262. The number of rotatable bonds is 5. The number of carbonyl (C=O) groups excluding carboxylic acids is 2. The predicted molar refractivity (Wildman–Crippen MR) is 84.3 cm³/mol. The summed E-state index contributed by atoms with van der Waals surface area (Å²) in [5.74, 6) is -0.538. The maximum absolute atomic E-state index is 12.1. The van der Waals surface area contributed by atoms with Crippen LogP contribution < -0.4 is 10.1 Å². The molecule has 1 aromatic rings. The summed E-state index contributed by atoms with van der Waals surface area (Å²) in [4.78, 5) is 23.6. The van der Waals surface area contributed by atoms with E-state index in [0.717, 1.165) is 3.57 Å². The Bertz CT molecular complexity index is 521. The summed E-state index contributed by atoms with van der Waals surface area (Å²) in [6.07, 6.45) is 0. The molecule has 1 N–H and O–H groups in total. The number of methoxy groups -OCH3 is 1. The second kappa shape index (κ2) is 7.68. The Morgan fingerprint density at radius 3 is 2.65 bits per heavy atom. The van der Waals surface area contributed by atoms with Crippen LogP contribution in [0.15, 0.2) is 12.1 Å². The van der Waals surface area contributed by atoms with Crippen molar-refractivity contribution in [2.24, 2.45) is 0 Å². The van der Waals surface area contributed by atoms with Crippen molar-refractivity contribution in [1.82, 2.24) is 5.32 Å². The van der Waals surface area contributed by atoms with Gasteiger partial charge >= 0.3 is 5.97 Å². The SMILES string of the molecule is CCOC(=O)C(C)NC(=O)c1cc(Cl)c(I)cc1OC. The molecule has 0 fully saturated rings. The molecular formula is C13H15ClINO4. The van der Waals surface area contributed by atoms with Crippen LogP contribution in [0.1, 0.15) is 24.2 Å². The zero-order chi connectivity index (χ0) is 15.3. The smallest absolute Gasteiger partial charge is 0.328 e. The molecule has 5 nitrogen and oxygen atoms in total. The molecular weight excluding hydrogens is 397 g/mol. The molecule has 1 amide bonds. The van der Waals surface area contributed by atoms with Gasteiger partial charge in [0.15, 0.2) is 0 Å². The van der Waals surface area contributed by atoms with E-state index in [1.54, 1.807) is 19.9 Å². The van der Waals surface area contributed by atoms with Gasteiger partial charge in [0.1, 0.15) is 11.8 Å². The molecule has 0 saturated heterocycles. The van der Waals surface area contributed by atoms with Gasteiger partial charge in [0.2, 0.25) is 0 Å². The number of ether oxygens (including phenoxy) is 2. The van der Waals surface area contributed by atoms with Gasteiger partial charge in [-0.15, -0.1) is 0 Å². The van der Waals surface area contributed by atoms with E-state index in [9.17, 15) is 9.59 Å². The molecule has 7 heteroatoms. The second-order valence-corrected chi connectivity index (χ2v) is 5.48. The van der Waals surface area contributed by atoms with E-state index in [2.05, 4.69) is 5.32 Å². The molecule has 0 saturated carbocycles. The minimum atomic E-state index is -0.745. The summed E-state index contributed by atoms with van der Waals surface area (Å²) in [6, 6.07) is 2.42. The third-order valence-electron chi connectivity index (χ3n) is 2.47. The van der Waals surface area contributed by atoms with Gasteiger partial charge in [-0.25, -0.2) is 4.79 Å². The lowest BCUT2D eigenvalue weighted by Gasteiger charge is -2.14. The summed E-state index contributed by atoms with van der Waals surface area (Å²) < 4.78 is 10.8. The highest BCUT2D eigenvalue weighted by Crippen LogP contribution is 2.28. The van der Waals surface area contributed by atoms with Gasteiger partial charge < -0.3 is 14.8 Å². The molecule has 0 heterocycles. The van der Waals surface area contributed by atoms with Crippen molar-refractivity contribution in [3.63, 3.8) is 0 Å². The first-order valence-corrected chi connectivity index (χ1v) is 7.36. The highest BCUT2D eigenvalue weighted by Gasteiger charge is 2.21. The Balaban J connectivity index is 2.92. The second-order valence-electron chi connectivity index (χ2n) is 3.91. The fourth-order valence-electron chi connectivity index (χ4n) is 1.48. The third kappa shape index (κ3) is 4.24. The van der Waals surface area contributed by atoms with Crippen molar-refractivity contribution in [2.75, 3.05) is 13.7 Å². The van der Waals surface area contributed by atoms with E-state index < -0.39 is 17.9 Å². The van der Waals surface area contributed by atoms with E-state index in [1.807, 2.05) is 22.6 Å². The molecule has 20 heavy (non-hydrogen) atoms. The number of hydrogen-bond acceptors (Lipinski definition) is 4. The standard InChI is InChI=1S/C13H15ClINO4/c1-4-20-13(18)7(2)16-12(17)8-5-9(14)10(15)6-11(8)19-3/h5-7H,4H2,1-3H3,(H,16,17). The molecule has 1 atom stereocenters. The molecule has 1 aromatic carbocycles. The van der Waals surface area contributed by atoms with E-state index in [0.29, 0.717) is 10.8 Å². The molecule has 110 valence electrons. The van der Waals surface area contributed by atoms with Crippen LogP contribution in [-0.4, -0.2) is 31.6 Å². The summed E-state index contributed by atoms with van der Waals surface area (Å²) >= 11 is 8.04. The van der Waals surface area contributed by atoms with Crippen molar-refractivity contribution in [2.45, 2.75) is 19.9 Å². The van der Waals surface area contributed by atoms with Crippen LogP contribution in [0.4, 0.5) is 0 Å². The topological polar surface area (TPSA) is 64.6 Å². The Morgan fingerprint density at radius 1 is 1.45 bits per heavy atom. The molecule has 1 rings (SSSR count). The Kier molecular flexibility index (Phi) is 6.54. The quantitative estimate of drug-likeness (QED) is 0.598. The van der Waals surface area contributed by atoms with E-state index in [-0.39, 0.29) is 12.2 Å². The van der Waals surface area contributed by atoms with E-state index in [4.69, 9.17) is 21.1 Å². The number of carbonyl (C=O) groups is 2. The molecule has 1 unspecified atom stereocenters. The van der Waals surface area contributed by atoms with Crippen LogP contribution in [0.25, 0.3) is 0 Å². The normalized spacial score (nSPS) is 11.7. The number of esters is 1. The van der Waals surface area contributed by atoms with Crippen LogP contribution in [-0.2, 0) is 9.53 Å². The predicted octanol–water partition coefficient (Wildman–Crippen LogP) is 2.63. The van der Waals surface area contributed by atoms with Crippen LogP contribution in [0.5, 0.6) is 5.75 Å². The molecule has 0 aliphatic rings. The average Bonchev–Trinajstić information content (AvgIpc) is 2.41. The maximum atomic E-state index is 12.1. The molecule has 0 aliphatic carbocycles. The maximum Gasteiger partial charge on any atom is 0.328 e. The highest BCUT2D eigenvalue weighted by molar-refractivity contribution is 14.1. The number of halogens is 2. The number of amides is 1. The van der Waals surface area contributed by atoms with E-state index >= 15 is 0 Å². The number of hydrogen-bond donors (Lipinski definition) is 1. The van der Waals surface area contributed by atoms with Crippen LogP contribution in [0.2, 0.25) is 5.02 Å². The molecule has 0 bridgehead atoms. The Morgan fingerprint density at radius 2 is 2.10 bits per heavy atom. The fraction of sp³-hybridized carbons (Fsp3) is 0.385. The van der Waals surface area contributed by atoms with E-state index in [1.165, 1.54) is 13.2 Å². The first kappa shape index (κ1) is 17.0. The zero-order valence-corrected chi connectivity index (χ0v) is 14.2. The average molecular weight is 412 g/mol. The molecule has 0 aromatic heterocycles. The number of nitrogens with one attached hydrogen (secondary N) is 1. The Labute approximate surface area is 136 Å². The van der Waals surface area contributed by atoms with Crippen molar-refractivity contribution in [3.8, 4) is 5.75 Å². The van der Waals surface area contributed by atoms with Gasteiger partial charge in [0, 0.05) is 3.57 Å². The first-order chi connectivity index (χ1) is 9.40. The Hall–Kier alpha value is -1.02. The summed E-state index contributed by atoms with van der Waals surface area (Å²) in [7, 11) is 1.46. The van der Waals surface area contributed by atoms with Gasteiger partial charge in [-0.3, -0.25) is 4.79 Å². The largest absolute Gasteiger partial charge is 0.496 e. The minimum Gasteiger partial charge on any atom is -0.496 e. The van der Waals surface area contributed by atoms with Crippen molar-refractivity contribution in [1.29, 1.82) is 0 Å². The van der Waals surface area contributed by atoms with Gasteiger partial charge in [0.05, 0.1) is 24.3 Å². The molecule has 0 spiro atoms. The zero-order valence-electron chi connectivity index (χ0n) is 11.3. The van der Waals surface area contributed by atoms with Crippen molar-refractivity contribution in [3.05, 3.63) is 26.3 Å². The van der Waals surface area contributed by atoms with Gasteiger partial charge in [-0.05, 0) is 48.6 Å². The van der Waals surface area contributed by atoms with Gasteiger partial charge in [-0.1, -0.05) is 11.6 Å². The monoisotopic (exact) mass is 411 g/mol. The van der Waals surface area contributed by atoms with Crippen LogP contribution in [0.3, 0.4) is 0 Å².